The zero-order chi connectivity index (χ0) is 32.8. The summed E-state index contributed by atoms with van der Waals surface area (Å²) in [4.78, 5) is 94.0. The highest BCUT2D eigenvalue weighted by Crippen LogP contribution is 2.21. The zero-order valence-corrected chi connectivity index (χ0v) is 24.1. The van der Waals surface area contributed by atoms with Crippen molar-refractivity contribution in [3.63, 3.8) is 0 Å². The van der Waals surface area contributed by atoms with Gasteiger partial charge in [0, 0.05) is 30.5 Å². The summed E-state index contributed by atoms with van der Waals surface area (Å²) >= 11 is 1.14. The molecule has 12 N–H and O–H groups in total. The topological polar surface area (TPSA) is 338 Å². The third-order valence-electron chi connectivity index (χ3n) is 6.37. The average molecular weight is 648 g/mol. The maximum absolute atomic E-state index is 12.9. The van der Waals surface area contributed by atoms with E-state index in [-0.39, 0.29) is 65.9 Å². The summed E-state index contributed by atoms with van der Waals surface area (Å²) in [5.74, 6) is -4.49. The van der Waals surface area contributed by atoms with Crippen LogP contribution in [0.5, 0.6) is 0 Å². The number of carbonyl (C=O) groups excluding carboxylic acids is 2. The highest BCUT2D eigenvalue weighted by atomic mass is 32.2. The molecular formula is C23H29N13O8S. The van der Waals surface area contributed by atoms with Crippen molar-refractivity contribution in [1.82, 2.24) is 49.7 Å². The number of thioether (sulfide) groups is 1. The Labute approximate surface area is 255 Å². The molecule has 2 atom stereocenters. The van der Waals surface area contributed by atoms with Crippen molar-refractivity contribution < 1.29 is 29.4 Å². The lowest BCUT2D eigenvalue weighted by atomic mass is 10.1. The number of H-pyrrole nitrogens is 2. The number of hydrogen-bond donors (Lipinski definition) is 9. The molecule has 0 aliphatic heterocycles. The van der Waals surface area contributed by atoms with E-state index in [9.17, 15) is 28.8 Å². The van der Waals surface area contributed by atoms with E-state index in [1.165, 1.54) is 21.8 Å². The quantitative estimate of drug-likeness (QED) is 0.0601. The van der Waals surface area contributed by atoms with E-state index >= 15 is 0 Å². The Morgan fingerprint density at radius 3 is 1.96 bits per heavy atom. The number of aromatic amines is 2. The number of rotatable bonds is 15. The Morgan fingerprint density at radius 1 is 0.933 bits per heavy atom. The van der Waals surface area contributed by atoms with Gasteiger partial charge in [0.25, 0.3) is 11.1 Å². The smallest absolute Gasteiger partial charge is 0.322 e. The van der Waals surface area contributed by atoms with Gasteiger partial charge in [-0.2, -0.15) is 21.7 Å². The number of anilines is 2. The second kappa shape index (κ2) is 13.9. The van der Waals surface area contributed by atoms with E-state index in [0.717, 1.165) is 11.8 Å². The van der Waals surface area contributed by atoms with Gasteiger partial charge >= 0.3 is 11.9 Å². The molecule has 0 saturated heterocycles. The number of aromatic nitrogens is 8. The van der Waals surface area contributed by atoms with Gasteiger partial charge in [-0.15, -0.1) is 0 Å². The van der Waals surface area contributed by atoms with Crippen LogP contribution >= 0.6 is 11.8 Å². The van der Waals surface area contributed by atoms with Crippen molar-refractivity contribution in [2.24, 2.45) is 5.73 Å². The van der Waals surface area contributed by atoms with Gasteiger partial charge < -0.3 is 47.2 Å². The molecule has 4 heterocycles. The number of carboxylic acids is 2. The predicted molar refractivity (Wildman–Crippen MR) is 159 cm³/mol. The number of nitrogens with one attached hydrogen (secondary N) is 4. The number of carbonyl (C=O) groups is 4. The maximum Gasteiger partial charge on any atom is 0.322 e. The molecule has 0 saturated carbocycles. The van der Waals surface area contributed by atoms with Gasteiger partial charge in [-0.3, -0.25) is 38.7 Å². The van der Waals surface area contributed by atoms with Gasteiger partial charge in [-0.1, -0.05) is 0 Å². The lowest BCUT2D eigenvalue weighted by Gasteiger charge is -2.23. The Morgan fingerprint density at radius 2 is 1.47 bits per heavy atom. The highest BCUT2D eigenvalue weighted by Gasteiger charge is 2.26. The fraction of sp³-hybridized carbons (Fsp3) is 0.391. The molecule has 0 bridgehead atoms. The van der Waals surface area contributed by atoms with Crippen LogP contribution in [0, 0.1) is 0 Å². The van der Waals surface area contributed by atoms with Crippen molar-refractivity contribution in [2.45, 2.75) is 43.3 Å². The van der Waals surface area contributed by atoms with Crippen LogP contribution in [0.3, 0.4) is 0 Å². The Hall–Kier alpha value is -5.51. The van der Waals surface area contributed by atoms with Crippen LogP contribution in [0.4, 0.5) is 11.9 Å². The summed E-state index contributed by atoms with van der Waals surface area (Å²) in [5, 5.41) is 22.1. The van der Waals surface area contributed by atoms with E-state index in [4.69, 9.17) is 27.4 Å². The number of nitrogens with zero attached hydrogens (tertiary/aromatic N) is 6. The third kappa shape index (κ3) is 8.11. The molecule has 0 aromatic carbocycles. The molecular weight excluding hydrogens is 618 g/mol. The fourth-order valence-corrected chi connectivity index (χ4v) is 5.49. The summed E-state index contributed by atoms with van der Waals surface area (Å²) in [7, 11) is 0. The molecule has 0 radical (unpaired) electrons. The average Bonchev–Trinajstić information content (AvgIpc) is 3.56. The van der Waals surface area contributed by atoms with Crippen LogP contribution in [0.25, 0.3) is 22.3 Å². The van der Waals surface area contributed by atoms with Crippen LogP contribution in [-0.2, 0) is 32.3 Å². The van der Waals surface area contributed by atoms with Crippen LogP contribution < -0.4 is 39.0 Å². The summed E-state index contributed by atoms with van der Waals surface area (Å²) in [6, 6.07) is -2.57. The van der Waals surface area contributed by atoms with Gasteiger partial charge in [0.05, 0.1) is 12.7 Å². The first-order chi connectivity index (χ1) is 21.3. The molecule has 22 heteroatoms. The molecule has 2 amide bonds. The zero-order valence-electron chi connectivity index (χ0n) is 23.3. The molecule has 240 valence electrons. The summed E-state index contributed by atoms with van der Waals surface area (Å²) in [6.45, 7) is -0.579. The second-order valence-corrected chi connectivity index (χ2v) is 11.0. The first kappa shape index (κ1) is 32.4. The number of nitrogens with two attached hydrogens (primary N) is 3. The molecule has 0 fully saturated rings. The predicted octanol–water partition coefficient (Wildman–Crippen LogP) is -3.60. The van der Waals surface area contributed by atoms with E-state index in [2.05, 4.69) is 40.5 Å². The SMILES string of the molecule is Nc1nc2ncn(CC(Cn3cnc4nc(N)[nH]c(=O)c43)SC[C@H](NC(=O)CC[C@H](N)C(=O)O)C(=O)NCC(=O)O)c2c(=O)[nH]1. The second-order valence-electron chi connectivity index (χ2n) is 9.71. The van der Waals surface area contributed by atoms with Gasteiger partial charge in [-0.05, 0) is 6.42 Å². The number of nitrogen functional groups attached to an aromatic ring is 2. The van der Waals surface area contributed by atoms with Crippen LogP contribution in [0.2, 0.25) is 0 Å². The monoisotopic (exact) mass is 647 g/mol. The molecule has 0 spiro atoms. The minimum Gasteiger partial charge on any atom is -0.480 e. The number of fused-ring (bicyclic) bond motifs is 2. The van der Waals surface area contributed by atoms with Crippen LogP contribution in [0.1, 0.15) is 12.8 Å². The van der Waals surface area contributed by atoms with E-state index in [1.807, 2.05) is 0 Å². The summed E-state index contributed by atoms with van der Waals surface area (Å²) < 4.78 is 3.01. The molecule has 0 unspecified atom stereocenters. The molecule has 4 aromatic rings. The largest absolute Gasteiger partial charge is 0.480 e. The number of hydrogen-bond acceptors (Lipinski definition) is 14. The first-order valence-electron chi connectivity index (χ1n) is 13.1. The maximum atomic E-state index is 12.9. The van der Waals surface area contributed by atoms with Crippen molar-refractivity contribution in [2.75, 3.05) is 23.8 Å². The molecule has 45 heavy (non-hydrogen) atoms. The number of carboxylic acid groups (broad SMARTS) is 2. The van der Waals surface area contributed by atoms with Crippen molar-refractivity contribution in [3.8, 4) is 0 Å². The molecule has 0 aliphatic rings. The standard InChI is InChI=1S/C23H29N13O8S/c24-10(21(43)44)1-2-12(37)30-11(18(40)27-3-13(38)39)6-45-9(4-35-7-28-16-14(35)19(41)33-22(25)31-16)5-36-8-29-17-15(36)20(42)34-23(26)32-17/h7-11H,1-6,24H2,(H,27,40)(H,30,37)(H,38,39)(H,43,44)(H3,25,31,33,41)(H3,26,32,34,42)/t10-,11-/m0/s1. The van der Waals surface area contributed by atoms with Crippen LogP contribution in [0.15, 0.2) is 22.2 Å². The Bertz CT molecular complexity index is 1770. The van der Waals surface area contributed by atoms with Crippen molar-refractivity contribution in [3.05, 3.63) is 33.4 Å². The van der Waals surface area contributed by atoms with Gasteiger partial charge in [0.15, 0.2) is 22.3 Å². The van der Waals surface area contributed by atoms with E-state index < -0.39 is 58.7 Å². The summed E-state index contributed by atoms with van der Waals surface area (Å²) in [5.41, 5.74) is 16.0. The lowest BCUT2D eigenvalue weighted by Crippen LogP contribution is -2.50. The van der Waals surface area contributed by atoms with E-state index in [1.54, 1.807) is 0 Å². The number of aliphatic carboxylic acids is 2. The van der Waals surface area contributed by atoms with E-state index in [0.29, 0.717) is 0 Å². The summed E-state index contributed by atoms with van der Waals surface area (Å²) in [6.07, 6.45) is 2.21. The van der Waals surface area contributed by atoms with Gasteiger partial charge in [0.1, 0.15) is 18.6 Å². The molecule has 21 nitrogen and oxygen atoms in total. The lowest BCUT2D eigenvalue weighted by molar-refractivity contribution is -0.139. The van der Waals surface area contributed by atoms with Crippen LogP contribution in [-0.4, -0.2) is 103 Å². The first-order valence-corrected chi connectivity index (χ1v) is 14.2. The van der Waals surface area contributed by atoms with Crippen molar-refractivity contribution in [1.29, 1.82) is 0 Å². The minimum atomic E-state index is -1.32. The normalized spacial score (nSPS) is 12.8. The van der Waals surface area contributed by atoms with Gasteiger partial charge in [0.2, 0.25) is 23.7 Å². The molecule has 4 aromatic heterocycles. The fourth-order valence-electron chi connectivity index (χ4n) is 4.26. The van der Waals surface area contributed by atoms with Crippen molar-refractivity contribution >= 4 is 69.7 Å². The Kier molecular flexibility index (Phi) is 9.98. The van der Waals surface area contributed by atoms with Gasteiger partial charge in [-0.25, -0.2) is 9.97 Å². The third-order valence-corrected chi connectivity index (χ3v) is 7.66. The highest BCUT2D eigenvalue weighted by molar-refractivity contribution is 7.99. The minimum absolute atomic E-state index is 0.0701. The molecule has 0 aliphatic carbocycles. The number of imidazole rings is 2. The Balaban J connectivity index is 1.61. The molecule has 4 rings (SSSR count). The number of amides is 2.